The molecule has 1 amide bonds. The van der Waals surface area contributed by atoms with Gasteiger partial charge in [-0.1, -0.05) is 11.8 Å². The van der Waals surface area contributed by atoms with Gasteiger partial charge in [-0.15, -0.1) is 0 Å². The predicted molar refractivity (Wildman–Crippen MR) is 86.6 cm³/mol. The van der Waals surface area contributed by atoms with Crippen LogP contribution >= 0.6 is 11.8 Å². The van der Waals surface area contributed by atoms with E-state index >= 15 is 0 Å². The minimum Gasteiger partial charge on any atom is -0.337 e. The lowest BCUT2D eigenvalue weighted by molar-refractivity contribution is -0.133. The molecule has 1 aliphatic carbocycles. The quantitative estimate of drug-likeness (QED) is 0.598. The number of aromatic nitrogens is 2. The second-order valence-corrected chi connectivity index (χ2v) is 6.76. The summed E-state index contributed by atoms with van der Waals surface area (Å²) in [4.78, 5) is 23.5. The van der Waals surface area contributed by atoms with Crippen LogP contribution in [0.1, 0.15) is 50.1 Å². The lowest BCUT2D eigenvalue weighted by atomic mass is 10.1. The van der Waals surface area contributed by atoms with E-state index in [1.165, 1.54) is 0 Å². The van der Waals surface area contributed by atoms with Crippen molar-refractivity contribution >= 4 is 17.7 Å². The maximum absolute atomic E-state index is 12.5. The van der Waals surface area contributed by atoms with Crippen LogP contribution in [0.2, 0.25) is 0 Å². The molecule has 0 spiro atoms. The Labute approximate surface area is 131 Å². The van der Waals surface area contributed by atoms with Gasteiger partial charge in [0, 0.05) is 29.9 Å². The molecule has 0 radical (unpaired) electrons. The summed E-state index contributed by atoms with van der Waals surface area (Å²) in [6.07, 6.45) is 5.59. The predicted octanol–water partition coefficient (Wildman–Crippen LogP) is 3.15. The van der Waals surface area contributed by atoms with Crippen LogP contribution in [-0.4, -0.2) is 39.1 Å². The molecule has 1 aliphatic rings. The highest BCUT2D eigenvalue weighted by atomic mass is 32.2. The molecular weight excluding hydrogens is 282 g/mol. The molecule has 1 heterocycles. The molecule has 5 heteroatoms. The number of carbonyl (C=O) groups excluding carboxylic acids is 1. The number of rotatable bonds is 6. The minimum atomic E-state index is 0.264. The third-order valence-electron chi connectivity index (χ3n) is 3.96. The molecule has 1 aromatic rings. The Morgan fingerprint density at radius 3 is 2.29 bits per heavy atom. The van der Waals surface area contributed by atoms with Crippen LogP contribution in [0, 0.1) is 13.8 Å². The Morgan fingerprint density at radius 2 is 1.86 bits per heavy atom. The second kappa shape index (κ2) is 6.77. The Balaban J connectivity index is 2.04. The first-order valence-electron chi connectivity index (χ1n) is 7.63. The largest absolute Gasteiger partial charge is 0.337 e. The third-order valence-corrected chi connectivity index (χ3v) is 4.50. The molecule has 0 bridgehead atoms. The van der Waals surface area contributed by atoms with E-state index in [1.54, 1.807) is 11.8 Å². The van der Waals surface area contributed by atoms with Gasteiger partial charge in [0.2, 0.25) is 5.91 Å². The SMILES string of the molecule is CSc1nc(C)c(CCC(=O)N(C(C)C)C2CC2)c(C)n1. The van der Waals surface area contributed by atoms with Crippen LogP contribution in [0.3, 0.4) is 0 Å². The van der Waals surface area contributed by atoms with E-state index in [4.69, 9.17) is 0 Å². The Bertz CT molecular complexity index is 501. The lowest BCUT2D eigenvalue weighted by Crippen LogP contribution is -2.38. The molecule has 116 valence electrons. The Hall–Kier alpha value is -1.10. The third kappa shape index (κ3) is 3.96. The van der Waals surface area contributed by atoms with Gasteiger partial charge in [0.1, 0.15) is 0 Å². The van der Waals surface area contributed by atoms with Crippen LogP contribution in [0.25, 0.3) is 0 Å². The van der Waals surface area contributed by atoms with Gasteiger partial charge in [-0.05, 0) is 58.8 Å². The van der Waals surface area contributed by atoms with Crippen molar-refractivity contribution < 1.29 is 4.79 Å². The molecule has 21 heavy (non-hydrogen) atoms. The number of hydrogen-bond donors (Lipinski definition) is 0. The van der Waals surface area contributed by atoms with E-state index in [9.17, 15) is 4.79 Å². The highest BCUT2D eigenvalue weighted by molar-refractivity contribution is 7.98. The van der Waals surface area contributed by atoms with Gasteiger partial charge in [-0.2, -0.15) is 0 Å². The number of amides is 1. The topological polar surface area (TPSA) is 46.1 Å². The smallest absolute Gasteiger partial charge is 0.223 e. The fraction of sp³-hybridized carbons (Fsp3) is 0.688. The van der Waals surface area contributed by atoms with Crippen LogP contribution in [0.4, 0.5) is 0 Å². The highest BCUT2D eigenvalue weighted by Crippen LogP contribution is 2.29. The summed E-state index contributed by atoms with van der Waals surface area (Å²) in [5, 5.41) is 0.807. The van der Waals surface area contributed by atoms with Crippen molar-refractivity contribution in [2.75, 3.05) is 6.26 Å². The summed E-state index contributed by atoms with van der Waals surface area (Å²) >= 11 is 1.55. The van der Waals surface area contributed by atoms with Crippen molar-refractivity contribution in [3.05, 3.63) is 17.0 Å². The second-order valence-electron chi connectivity index (χ2n) is 5.99. The normalized spacial score (nSPS) is 14.6. The summed E-state index contributed by atoms with van der Waals surface area (Å²) in [5.74, 6) is 0.264. The highest BCUT2D eigenvalue weighted by Gasteiger charge is 2.33. The first-order chi connectivity index (χ1) is 9.93. The molecule has 0 N–H and O–H groups in total. The molecule has 1 saturated carbocycles. The van der Waals surface area contributed by atoms with Crippen molar-refractivity contribution in [3.8, 4) is 0 Å². The van der Waals surface area contributed by atoms with Gasteiger partial charge >= 0.3 is 0 Å². The van der Waals surface area contributed by atoms with Gasteiger partial charge in [0.05, 0.1) is 0 Å². The average molecular weight is 307 g/mol. The van der Waals surface area contributed by atoms with Crippen LogP contribution < -0.4 is 0 Å². The molecule has 0 unspecified atom stereocenters. The fourth-order valence-corrected chi connectivity index (χ4v) is 3.25. The first-order valence-corrected chi connectivity index (χ1v) is 8.85. The molecule has 0 saturated heterocycles. The van der Waals surface area contributed by atoms with E-state index < -0.39 is 0 Å². The maximum Gasteiger partial charge on any atom is 0.223 e. The molecule has 4 nitrogen and oxygen atoms in total. The van der Waals surface area contributed by atoms with Crippen LogP contribution in [0.5, 0.6) is 0 Å². The summed E-state index contributed by atoms with van der Waals surface area (Å²) in [5.41, 5.74) is 3.13. The number of thioether (sulfide) groups is 1. The van der Waals surface area contributed by atoms with Crippen LogP contribution in [0.15, 0.2) is 5.16 Å². The number of carbonyl (C=O) groups is 1. The summed E-state index contributed by atoms with van der Waals surface area (Å²) in [6, 6.07) is 0.775. The number of nitrogens with zero attached hydrogens (tertiary/aromatic N) is 3. The maximum atomic E-state index is 12.5. The standard InChI is InChI=1S/C16H25N3OS/c1-10(2)19(13-6-7-13)15(20)9-8-14-11(3)17-16(21-5)18-12(14)4/h10,13H,6-9H2,1-5H3. The van der Waals surface area contributed by atoms with Gasteiger partial charge in [0.15, 0.2) is 5.16 Å². The summed E-state index contributed by atoms with van der Waals surface area (Å²) in [7, 11) is 0. The van der Waals surface area contributed by atoms with Gasteiger partial charge in [0.25, 0.3) is 0 Å². The molecule has 0 aliphatic heterocycles. The van der Waals surface area contributed by atoms with Crippen molar-refractivity contribution in [2.45, 2.75) is 70.6 Å². The zero-order chi connectivity index (χ0) is 15.6. The Morgan fingerprint density at radius 1 is 1.29 bits per heavy atom. The zero-order valence-electron chi connectivity index (χ0n) is 13.6. The average Bonchev–Trinajstić information content (AvgIpc) is 3.21. The van der Waals surface area contributed by atoms with E-state index in [0.29, 0.717) is 18.5 Å². The monoisotopic (exact) mass is 307 g/mol. The fourth-order valence-electron chi connectivity index (χ4n) is 2.79. The van der Waals surface area contributed by atoms with Gasteiger partial charge < -0.3 is 4.90 Å². The van der Waals surface area contributed by atoms with E-state index in [0.717, 1.165) is 41.4 Å². The molecular formula is C16H25N3OS. The van der Waals surface area contributed by atoms with E-state index in [1.807, 2.05) is 20.1 Å². The molecule has 2 rings (SSSR count). The van der Waals surface area contributed by atoms with Crippen LogP contribution in [-0.2, 0) is 11.2 Å². The van der Waals surface area contributed by atoms with Crippen molar-refractivity contribution in [1.29, 1.82) is 0 Å². The molecule has 1 fully saturated rings. The van der Waals surface area contributed by atoms with Crippen molar-refractivity contribution in [2.24, 2.45) is 0 Å². The van der Waals surface area contributed by atoms with E-state index in [-0.39, 0.29) is 5.91 Å². The molecule has 0 atom stereocenters. The van der Waals surface area contributed by atoms with Crippen molar-refractivity contribution in [3.63, 3.8) is 0 Å². The summed E-state index contributed by atoms with van der Waals surface area (Å²) < 4.78 is 0. The molecule has 0 aromatic carbocycles. The minimum absolute atomic E-state index is 0.264. The van der Waals surface area contributed by atoms with E-state index in [2.05, 4.69) is 28.7 Å². The Kier molecular flexibility index (Phi) is 5.25. The number of hydrogen-bond acceptors (Lipinski definition) is 4. The van der Waals surface area contributed by atoms with Crippen molar-refractivity contribution in [1.82, 2.24) is 14.9 Å². The molecule has 1 aromatic heterocycles. The number of aryl methyl sites for hydroxylation is 2. The van der Waals surface area contributed by atoms with Gasteiger partial charge in [-0.25, -0.2) is 9.97 Å². The lowest BCUT2D eigenvalue weighted by Gasteiger charge is -2.27. The van der Waals surface area contributed by atoms with Gasteiger partial charge in [-0.3, -0.25) is 4.79 Å². The zero-order valence-corrected chi connectivity index (χ0v) is 14.5. The summed E-state index contributed by atoms with van der Waals surface area (Å²) in [6.45, 7) is 8.22. The first kappa shape index (κ1) is 16.3.